The van der Waals surface area contributed by atoms with Gasteiger partial charge in [0.2, 0.25) is 0 Å². The van der Waals surface area contributed by atoms with Crippen LogP contribution in [0.15, 0.2) is 24.3 Å². The van der Waals surface area contributed by atoms with Gasteiger partial charge in [-0.15, -0.1) is 0 Å². The molecule has 0 aromatic heterocycles. The number of hydrogen-bond donors (Lipinski definition) is 1. The normalized spacial score (nSPS) is 24.8. The molecule has 0 aliphatic carbocycles. The number of amides is 2. The second-order valence-corrected chi connectivity index (χ2v) is 7.75. The molecule has 3 heterocycles. The van der Waals surface area contributed by atoms with Crippen molar-refractivity contribution in [2.45, 2.75) is 52.1 Å². The van der Waals surface area contributed by atoms with E-state index < -0.39 is 0 Å². The van der Waals surface area contributed by atoms with Crippen molar-refractivity contribution in [2.24, 2.45) is 5.92 Å². The van der Waals surface area contributed by atoms with Gasteiger partial charge in [0.05, 0.1) is 6.04 Å². The van der Waals surface area contributed by atoms with Gasteiger partial charge in [-0.1, -0.05) is 38.1 Å². The molecule has 1 unspecified atom stereocenters. The number of aryl methyl sites for hydroxylation is 1. The second-order valence-electron chi connectivity index (χ2n) is 7.75. The molecule has 24 heavy (non-hydrogen) atoms. The zero-order valence-electron chi connectivity index (χ0n) is 15.3. The predicted molar refractivity (Wildman–Crippen MR) is 98.1 cm³/mol. The number of fused-ring (bicyclic) bond motifs is 4. The highest BCUT2D eigenvalue weighted by molar-refractivity contribution is 5.75. The Bertz CT molecular complexity index is 564. The minimum Gasteiger partial charge on any atom is -0.331 e. The molecule has 3 aliphatic rings. The van der Waals surface area contributed by atoms with Crippen LogP contribution in [0.25, 0.3) is 0 Å². The molecule has 4 heteroatoms. The fourth-order valence-electron chi connectivity index (χ4n) is 4.10. The highest BCUT2D eigenvalue weighted by Crippen LogP contribution is 2.26. The van der Waals surface area contributed by atoms with Crippen molar-refractivity contribution >= 4 is 6.03 Å². The smallest absolute Gasteiger partial charge is 0.318 e. The van der Waals surface area contributed by atoms with Gasteiger partial charge in [0.15, 0.2) is 0 Å². The third-order valence-electron chi connectivity index (χ3n) is 5.48. The quantitative estimate of drug-likeness (QED) is 0.916. The average Bonchev–Trinajstić information content (AvgIpc) is 2.88. The molecule has 1 N–H and O–H groups in total. The molecule has 1 atom stereocenters. The van der Waals surface area contributed by atoms with E-state index in [9.17, 15) is 4.79 Å². The summed E-state index contributed by atoms with van der Waals surface area (Å²) < 4.78 is 0. The van der Waals surface area contributed by atoms with Gasteiger partial charge in [0, 0.05) is 32.2 Å². The summed E-state index contributed by atoms with van der Waals surface area (Å²) in [5, 5.41) is 3.35. The van der Waals surface area contributed by atoms with Crippen molar-refractivity contribution < 1.29 is 4.79 Å². The molecule has 4 nitrogen and oxygen atoms in total. The standard InChI is InChI=1S/C20H31N3O/c1-15(2)14-19(18-7-5-4-6-16(18)3)21-20(24)23-13-12-22-10-8-17(23)9-11-22/h4-7,15,17,19H,8-14H2,1-3H3,(H,21,24). The zero-order valence-corrected chi connectivity index (χ0v) is 15.3. The Labute approximate surface area is 146 Å². The molecule has 1 aromatic rings. The zero-order chi connectivity index (χ0) is 17.1. The molecule has 2 bridgehead atoms. The molecular formula is C20H31N3O. The maximum absolute atomic E-state index is 13.0. The van der Waals surface area contributed by atoms with E-state index >= 15 is 0 Å². The van der Waals surface area contributed by atoms with Crippen LogP contribution in [0.5, 0.6) is 0 Å². The Morgan fingerprint density at radius 2 is 1.88 bits per heavy atom. The summed E-state index contributed by atoms with van der Waals surface area (Å²) in [5.41, 5.74) is 2.51. The van der Waals surface area contributed by atoms with E-state index in [-0.39, 0.29) is 12.1 Å². The van der Waals surface area contributed by atoms with Crippen LogP contribution in [0, 0.1) is 12.8 Å². The molecule has 1 aromatic carbocycles. The first-order valence-corrected chi connectivity index (χ1v) is 9.39. The van der Waals surface area contributed by atoms with Crippen LogP contribution in [0.1, 0.15) is 50.3 Å². The first-order valence-electron chi connectivity index (χ1n) is 9.39. The van der Waals surface area contributed by atoms with Crippen molar-refractivity contribution in [1.29, 1.82) is 0 Å². The van der Waals surface area contributed by atoms with E-state index in [4.69, 9.17) is 0 Å². The van der Waals surface area contributed by atoms with Gasteiger partial charge in [-0.25, -0.2) is 4.79 Å². The largest absolute Gasteiger partial charge is 0.331 e. The van der Waals surface area contributed by atoms with E-state index in [1.807, 2.05) is 0 Å². The molecule has 0 radical (unpaired) electrons. The molecule has 2 amide bonds. The van der Waals surface area contributed by atoms with Gasteiger partial charge in [-0.3, -0.25) is 0 Å². The monoisotopic (exact) mass is 329 g/mol. The van der Waals surface area contributed by atoms with E-state index in [2.05, 4.69) is 60.2 Å². The summed E-state index contributed by atoms with van der Waals surface area (Å²) in [6.45, 7) is 10.7. The number of carbonyl (C=O) groups is 1. The number of hydrogen-bond acceptors (Lipinski definition) is 2. The Hall–Kier alpha value is -1.55. The number of urea groups is 1. The lowest BCUT2D eigenvalue weighted by Gasteiger charge is -2.33. The molecule has 3 fully saturated rings. The molecule has 0 spiro atoms. The summed E-state index contributed by atoms with van der Waals surface area (Å²) >= 11 is 0. The van der Waals surface area contributed by atoms with Crippen LogP contribution in [0.3, 0.4) is 0 Å². The van der Waals surface area contributed by atoms with Crippen LogP contribution in [0.2, 0.25) is 0 Å². The van der Waals surface area contributed by atoms with Gasteiger partial charge in [-0.2, -0.15) is 0 Å². The van der Waals surface area contributed by atoms with E-state index in [0.29, 0.717) is 12.0 Å². The lowest BCUT2D eigenvalue weighted by Crippen LogP contribution is -2.48. The number of rotatable bonds is 4. The van der Waals surface area contributed by atoms with Gasteiger partial charge in [0.1, 0.15) is 0 Å². The topological polar surface area (TPSA) is 35.6 Å². The second kappa shape index (κ2) is 7.56. The van der Waals surface area contributed by atoms with Crippen molar-refractivity contribution in [1.82, 2.24) is 15.1 Å². The van der Waals surface area contributed by atoms with Gasteiger partial charge in [-0.05, 0) is 43.2 Å². The summed E-state index contributed by atoms with van der Waals surface area (Å²) in [7, 11) is 0. The van der Waals surface area contributed by atoms with Crippen LogP contribution in [0.4, 0.5) is 4.79 Å². The van der Waals surface area contributed by atoms with Crippen LogP contribution in [-0.4, -0.2) is 48.1 Å². The first kappa shape index (κ1) is 17.3. The molecule has 3 saturated heterocycles. The minimum atomic E-state index is 0.0967. The fraction of sp³-hybridized carbons (Fsp3) is 0.650. The van der Waals surface area contributed by atoms with Crippen molar-refractivity contribution in [3.8, 4) is 0 Å². The number of benzene rings is 1. The van der Waals surface area contributed by atoms with Crippen molar-refractivity contribution in [2.75, 3.05) is 26.2 Å². The predicted octanol–water partition coefficient (Wildman–Crippen LogP) is 3.57. The highest BCUT2D eigenvalue weighted by atomic mass is 16.2. The fourth-order valence-corrected chi connectivity index (χ4v) is 4.10. The molecule has 4 rings (SSSR count). The lowest BCUT2D eigenvalue weighted by molar-refractivity contribution is 0.166. The third kappa shape index (κ3) is 3.92. The Balaban J connectivity index is 1.74. The maximum atomic E-state index is 13.0. The van der Waals surface area contributed by atoms with Crippen LogP contribution in [-0.2, 0) is 0 Å². The molecule has 132 valence electrons. The number of nitrogens with zero attached hydrogens (tertiary/aromatic N) is 2. The maximum Gasteiger partial charge on any atom is 0.318 e. The summed E-state index contributed by atoms with van der Waals surface area (Å²) in [6, 6.07) is 9.06. The minimum absolute atomic E-state index is 0.0967. The summed E-state index contributed by atoms with van der Waals surface area (Å²) in [4.78, 5) is 17.6. The van der Waals surface area contributed by atoms with Crippen LogP contribution < -0.4 is 5.32 Å². The number of carbonyl (C=O) groups excluding carboxylic acids is 1. The SMILES string of the molecule is Cc1ccccc1C(CC(C)C)NC(=O)N1CCN2CCC1CC2. The van der Waals surface area contributed by atoms with Gasteiger partial charge in [0.25, 0.3) is 0 Å². The average molecular weight is 329 g/mol. The summed E-state index contributed by atoms with van der Waals surface area (Å²) in [6.07, 6.45) is 3.21. The van der Waals surface area contributed by atoms with Gasteiger partial charge < -0.3 is 15.1 Å². The molecule has 0 saturated carbocycles. The van der Waals surface area contributed by atoms with Crippen molar-refractivity contribution in [3.05, 3.63) is 35.4 Å². The highest BCUT2D eigenvalue weighted by Gasteiger charge is 2.32. The molecular weight excluding hydrogens is 298 g/mol. The number of nitrogens with one attached hydrogen (secondary N) is 1. The Kier molecular flexibility index (Phi) is 5.44. The number of piperidine rings is 1. The van der Waals surface area contributed by atoms with E-state index in [1.54, 1.807) is 0 Å². The first-order chi connectivity index (χ1) is 11.5. The summed E-state index contributed by atoms with van der Waals surface area (Å²) in [5.74, 6) is 0.543. The molecule has 3 aliphatic heterocycles. The van der Waals surface area contributed by atoms with E-state index in [1.165, 1.54) is 11.1 Å². The van der Waals surface area contributed by atoms with Crippen LogP contribution >= 0.6 is 0 Å². The Morgan fingerprint density at radius 1 is 1.17 bits per heavy atom. The lowest BCUT2D eigenvalue weighted by atomic mass is 9.94. The Morgan fingerprint density at radius 3 is 2.54 bits per heavy atom. The third-order valence-corrected chi connectivity index (χ3v) is 5.48. The van der Waals surface area contributed by atoms with E-state index in [0.717, 1.165) is 45.4 Å². The van der Waals surface area contributed by atoms with Crippen molar-refractivity contribution in [3.63, 3.8) is 0 Å². The van der Waals surface area contributed by atoms with Gasteiger partial charge >= 0.3 is 6.03 Å².